The molecule has 1 N–H and O–H groups in total. The summed E-state index contributed by atoms with van der Waals surface area (Å²) in [6.45, 7) is 2.49. The number of hydrogen-bond acceptors (Lipinski definition) is 2. The first-order valence-corrected chi connectivity index (χ1v) is 3.30. The Labute approximate surface area is 74.2 Å². The Kier molecular flexibility index (Phi) is 3.95. The largest absolute Gasteiger partial charge is 0.311 e. The van der Waals surface area contributed by atoms with Crippen molar-refractivity contribution in [1.82, 2.24) is 10.2 Å². The van der Waals surface area contributed by atoms with Crippen LogP contribution in [0.15, 0.2) is 0 Å². The third-order valence-electron chi connectivity index (χ3n) is 2.33. The van der Waals surface area contributed by atoms with Crippen LogP contribution in [0.4, 0.5) is 0 Å². The van der Waals surface area contributed by atoms with E-state index in [4.69, 9.17) is 0 Å². The quantitative estimate of drug-likeness (QED) is 0.591. The lowest BCUT2D eigenvalue weighted by molar-refractivity contribution is 0.276. The maximum atomic E-state index is 3.44. The molecule has 4 heteroatoms. The molecule has 2 saturated heterocycles. The van der Waals surface area contributed by atoms with Gasteiger partial charge in [0.05, 0.1) is 0 Å². The maximum absolute atomic E-state index is 3.44. The van der Waals surface area contributed by atoms with E-state index in [1.807, 2.05) is 0 Å². The Morgan fingerprint density at radius 2 is 2.10 bits per heavy atom. The van der Waals surface area contributed by atoms with Crippen LogP contribution in [0.1, 0.15) is 6.42 Å². The molecule has 2 fully saturated rings. The Bertz CT molecular complexity index is 108. The average molecular weight is 185 g/mol. The van der Waals surface area contributed by atoms with Crippen LogP contribution in [-0.4, -0.2) is 37.1 Å². The van der Waals surface area contributed by atoms with Gasteiger partial charge in [-0.15, -0.1) is 24.8 Å². The van der Waals surface area contributed by atoms with Gasteiger partial charge in [0.15, 0.2) is 0 Å². The number of rotatable bonds is 0. The first kappa shape index (κ1) is 10.5. The highest BCUT2D eigenvalue weighted by atomic mass is 35.5. The molecule has 0 aliphatic carbocycles. The van der Waals surface area contributed by atoms with E-state index in [-0.39, 0.29) is 24.8 Å². The minimum absolute atomic E-state index is 0. The molecule has 2 heterocycles. The van der Waals surface area contributed by atoms with Crippen molar-refractivity contribution in [1.29, 1.82) is 0 Å². The summed E-state index contributed by atoms with van der Waals surface area (Å²) >= 11 is 0. The second-order valence-electron chi connectivity index (χ2n) is 2.93. The van der Waals surface area contributed by atoms with Gasteiger partial charge >= 0.3 is 0 Å². The predicted molar refractivity (Wildman–Crippen MR) is 47.3 cm³/mol. The Hall–Kier alpha value is 0.500. The Balaban J connectivity index is 0.000000405. The van der Waals surface area contributed by atoms with E-state index in [0.717, 1.165) is 12.1 Å². The molecule has 0 spiro atoms. The van der Waals surface area contributed by atoms with Crippen LogP contribution in [0.3, 0.4) is 0 Å². The molecular weight excluding hydrogens is 171 g/mol. The van der Waals surface area contributed by atoms with Gasteiger partial charge in [0.2, 0.25) is 0 Å². The highest BCUT2D eigenvalue weighted by molar-refractivity contribution is 5.85. The van der Waals surface area contributed by atoms with E-state index < -0.39 is 0 Å². The molecule has 0 aromatic rings. The van der Waals surface area contributed by atoms with Crippen LogP contribution >= 0.6 is 24.8 Å². The van der Waals surface area contributed by atoms with E-state index in [1.165, 1.54) is 19.5 Å². The summed E-state index contributed by atoms with van der Waals surface area (Å²) in [6, 6.07) is 1.69. The first-order chi connectivity index (χ1) is 3.86. The number of piperazine rings is 1. The zero-order valence-corrected chi connectivity index (χ0v) is 7.67. The van der Waals surface area contributed by atoms with Crippen molar-refractivity contribution in [3.63, 3.8) is 0 Å². The minimum atomic E-state index is 0. The Morgan fingerprint density at radius 3 is 2.30 bits per heavy atom. The van der Waals surface area contributed by atoms with Crippen molar-refractivity contribution in [3.05, 3.63) is 0 Å². The fourth-order valence-electron chi connectivity index (χ4n) is 1.77. The Morgan fingerprint density at radius 1 is 1.40 bits per heavy atom. The van der Waals surface area contributed by atoms with Crippen LogP contribution in [0.2, 0.25) is 0 Å². The standard InChI is InChI=1S/C6H12N2.2ClH/c1-8-4-5-2-6(8)3-7-5;;/h5-7H,2-4H2,1H3;2*1H/t5-,6+;;/m1../s1. The minimum Gasteiger partial charge on any atom is -0.311 e. The number of likely N-dealkylation sites (tertiary alicyclic amines) is 1. The zero-order valence-electron chi connectivity index (χ0n) is 6.04. The van der Waals surface area contributed by atoms with E-state index in [1.54, 1.807) is 0 Å². The van der Waals surface area contributed by atoms with Crippen molar-refractivity contribution in [2.24, 2.45) is 0 Å². The second kappa shape index (κ2) is 3.77. The predicted octanol–water partition coefficient (Wildman–Crippen LogP) is 0.506. The fourth-order valence-corrected chi connectivity index (χ4v) is 1.77. The van der Waals surface area contributed by atoms with Crippen molar-refractivity contribution in [2.75, 3.05) is 20.1 Å². The third-order valence-corrected chi connectivity index (χ3v) is 2.33. The molecule has 0 saturated carbocycles. The topological polar surface area (TPSA) is 15.3 Å². The molecular formula is C6H14Cl2N2. The van der Waals surface area contributed by atoms with Gasteiger partial charge in [-0.1, -0.05) is 0 Å². The lowest BCUT2D eigenvalue weighted by atomic mass is 10.2. The van der Waals surface area contributed by atoms with Crippen LogP contribution in [-0.2, 0) is 0 Å². The van der Waals surface area contributed by atoms with E-state index in [2.05, 4.69) is 17.3 Å². The molecule has 2 rings (SSSR count). The molecule has 10 heavy (non-hydrogen) atoms. The first-order valence-electron chi connectivity index (χ1n) is 3.30. The number of fused-ring (bicyclic) bond motifs is 2. The van der Waals surface area contributed by atoms with Crippen LogP contribution in [0.5, 0.6) is 0 Å². The van der Waals surface area contributed by atoms with Gasteiger partial charge in [0.25, 0.3) is 0 Å². The SMILES string of the molecule is CN1C[C@H]2C[C@H]1CN2.Cl.Cl. The lowest BCUT2D eigenvalue weighted by Crippen LogP contribution is -2.41. The molecule has 2 nitrogen and oxygen atoms in total. The van der Waals surface area contributed by atoms with Crippen molar-refractivity contribution in [3.8, 4) is 0 Å². The summed E-state index contributed by atoms with van der Waals surface area (Å²) < 4.78 is 0. The number of nitrogens with zero attached hydrogens (tertiary/aromatic N) is 1. The molecule has 2 bridgehead atoms. The maximum Gasteiger partial charge on any atom is 0.0233 e. The van der Waals surface area contributed by atoms with Gasteiger partial charge in [-0.3, -0.25) is 0 Å². The molecule has 2 atom stereocenters. The zero-order chi connectivity index (χ0) is 5.56. The van der Waals surface area contributed by atoms with E-state index >= 15 is 0 Å². The second-order valence-corrected chi connectivity index (χ2v) is 2.93. The summed E-state index contributed by atoms with van der Waals surface area (Å²) in [4.78, 5) is 2.45. The third kappa shape index (κ3) is 1.56. The van der Waals surface area contributed by atoms with Gasteiger partial charge in [-0.2, -0.15) is 0 Å². The van der Waals surface area contributed by atoms with E-state index in [0.29, 0.717) is 0 Å². The summed E-state index contributed by atoms with van der Waals surface area (Å²) in [6.07, 6.45) is 1.39. The molecule has 2 aliphatic heterocycles. The number of likely N-dealkylation sites (N-methyl/N-ethyl adjacent to an activating group) is 1. The van der Waals surface area contributed by atoms with Crippen LogP contribution in [0.25, 0.3) is 0 Å². The van der Waals surface area contributed by atoms with Crippen LogP contribution < -0.4 is 5.32 Å². The van der Waals surface area contributed by atoms with Gasteiger partial charge in [0.1, 0.15) is 0 Å². The number of nitrogens with one attached hydrogen (secondary N) is 1. The van der Waals surface area contributed by atoms with Gasteiger partial charge in [0, 0.05) is 25.2 Å². The van der Waals surface area contributed by atoms with Crippen molar-refractivity contribution >= 4 is 24.8 Å². The molecule has 2 aliphatic rings. The lowest BCUT2D eigenvalue weighted by Gasteiger charge is -2.21. The molecule has 0 unspecified atom stereocenters. The smallest absolute Gasteiger partial charge is 0.0233 e. The molecule has 0 amide bonds. The number of hydrogen-bond donors (Lipinski definition) is 1. The van der Waals surface area contributed by atoms with Crippen LogP contribution in [0, 0.1) is 0 Å². The summed E-state index contributed by atoms with van der Waals surface area (Å²) in [7, 11) is 2.21. The summed E-state index contributed by atoms with van der Waals surface area (Å²) in [5.41, 5.74) is 0. The molecule has 0 radical (unpaired) electrons. The normalized spacial score (nSPS) is 36.9. The number of halogens is 2. The highest BCUT2D eigenvalue weighted by Gasteiger charge is 2.34. The summed E-state index contributed by atoms with van der Waals surface area (Å²) in [5.74, 6) is 0. The molecule has 62 valence electrons. The molecule has 0 aromatic carbocycles. The van der Waals surface area contributed by atoms with Crippen molar-refractivity contribution in [2.45, 2.75) is 18.5 Å². The highest BCUT2D eigenvalue weighted by Crippen LogP contribution is 2.20. The fraction of sp³-hybridized carbons (Fsp3) is 1.00. The van der Waals surface area contributed by atoms with Crippen molar-refractivity contribution < 1.29 is 0 Å². The van der Waals surface area contributed by atoms with E-state index in [9.17, 15) is 0 Å². The monoisotopic (exact) mass is 184 g/mol. The molecule has 0 aromatic heterocycles. The van der Waals surface area contributed by atoms with Gasteiger partial charge in [-0.05, 0) is 13.5 Å². The van der Waals surface area contributed by atoms with Gasteiger partial charge in [-0.25, -0.2) is 0 Å². The van der Waals surface area contributed by atoms with Gasteiger partial charge < -0.3 is 10.2 Å². The average Bonchev–Trinajstić information content (AvgIpc) is 2.23. The summed E-state index contributed by atoms with van der Waals surface area (Å²) in [5, 5.41) is 3.44.